The predicted molar refractivity (Wildman–Crippen MR) is 99.3 cm³/mol. The van der Waals surface area contributed by atoms with Gasteiger partial charge in [0.05, 0.1) is 0 Å². The van der Waals surface area contributed by atoms with Gasteiger partial charge in [0.2, 0.25) is 0 Å². The summed E-state index contributed by atoms with van der Waals surface area (Å²) >= 11 is 0. The second-order valence-electron chi connectivity index (χ2n) is 7.83. The lowest BCUT2D eigenvalue weighted by Crippen LogP contribution is -2.49. The molecule has 0 bridgehead atoms. The van der Waals surface area contributed by atoms with E-state index in [9.17, 15) is 18.4 Å². The van der Waals surface area contributed by atoms with Crippen LogP contribution < -0.4 is 10.1 Å². The quantitative estimate of drug-likeness (QED) is 0.811. The molecule has 0 aromatic heterocycles. The Balaban J connectivity index is 1.24. The van der Waals surface area contributed by atoms with Gasteiger partial charge in [-0.15, -0.1) is 0 Å². The van der Waals surface area contributed by atoms with Crippen molar-refractivity contribution in [3.8, 4) is 5.75 Å². The van der Waals surface area contributed by atoms with Crippen molar-refractivity contribution in [3.63, 3.8) is 0 Å². The smallest absolute Gasteiger partial charge is 0.269 e. The van der Waals surface area contributed by atoms with E-state index in [0.717, 1.165) is 37.5 Å². The van der Waals surface area contributed by atoms with Crippen molar-refractivity contribution in [1.29, 1.82) is 0 Å². The summed E-state index contributed by atoms with van der Waals surface area (Å²) in [6, 6.07) is 3.09. The molecule has 29 heavy (non-hydrogen) atoms. The van der Waals surface area contributed by atoms with Crippen molar-refractivity contribution in [2.75, 3.05) is 19.7 Å². The Labute approximate surface area is 167 Å². The van der Waals surface area contributed by atoms with Crippen LogP contribution in [-0.2, 0) is 14.4 Å². The van der Waals surface area contributed by atoms with Crippen molar-refractivity contribution in [1.82, 2.24) is 10.2 Å². The van der Waals surface area contributed by atoms with Gasteiger partial charge in [0, 0.05) is 44.5 Å². The fourth-order valence-electron chi connectivity index (χ4n) is 3.71. The van der Waals surface area contributed by atoms with Crippen LogP contribution >= 0.6 is 0 Å². The summed E-state index contributed by atoms with van der Waals surface area (Å²) in [6.07, 6.45) is 4.65. The number of hydrogen-bond donors (Lipinski definition) is 1. The highest BCUT2D eigenvalue weighted by molar-refractivity contribution is 6.39. The predicted octanol–water partition coefficient (Wildman–Crippen LogP) is 2.15. The van der Waals surface area contributed by atoms with Gasteiger partial charge < -0.3 is 19.8 Å². The van der Waals surface area contributed by atoms with Crippen LogP contribution in [0.25, 0.3) is 0 Å². The number of piperidine rings is 1. The molecule has 1 aromatic rings. The van der Waals surface area contributed by atoms with Gasteiger partial charge in [-0.05, 0) is 31.4 Å². The van der Waals surface area contributed by atoms with E-state index in [0.29, 0.717) is 38.1 Å². The fourth-order valence-corrected chi connectivity index (χ4v) is 3.71. The van der Waals surface area contributed by atoms with Crippen LogP contribution in [0.4, 0.5) is 8.78 Å². The monoisotopic (exact) mass is 407 g/mol. The van der Waals surface area contributed by atoms with Crippen molar-refractivity contribution in [2.24, 2.45) is 5.16 Å². The number of rotatable bonds is 5. The zero-order valence-electron chi connectivity index (χ0n) is 16.0. The van der Waals surface area contributed by atoms with E-state index in [1.165, 1.54) is 0 Å². The normalized spacial score (nSPS) is 20.6. The van der Waals surface area contributed by atoms with Crippen LogP contribution in [0.1, 0.15) is 38.5 Å². The number of benzene rings is 1. The summed E-state index contributed by atoms with van der Waals surface area (Å²) in [6.45, 7) is 0.460. The summed E-state index contributed by atoms with van der Waals surface area (Å²) < 4.78 is 31.9. The SMILES string of the molecule is O=C(NC1CCC1)C1=NOC2(CCN(C(=O)COc3cc(F)ccc3F)CC2)C1. The topological polar surface area (TPSA) is 80.2 Å². The minimum absolute atomic E-state index is 0.171. The molecular formula is C20H23F2N3O4. The van der Waals surface area contributed by atoms with E-state index in [1.54, 1.807) is 4.90 Å². The molecular weight excluding hydrogens is 384 g/mol. The van der Waals surface area contributed by atoms with Crippen LogP contribution in [0.2, 0.25) is 0 Å². The molecule has 2 heterocycles. The number of amides is 2. The van der Waals surface area contributed by atoms with Gasteiger partial charge in [-0.25, -0.2) is 8.78 Å². The van der Waals surface area contributed by atoms with Crippen molar-refractivity contribution in [2.45, 2.75) is 50.2 Å². The molecule has 0 radical (unpaired) electrons. The summed E-state index contributed by atoms with van der Waals surface area (Å²) in [5.41, 5.74) is -0.153. The van der Waals surface area contributed by atoms with Crippen LogP contribution in [0, 0.1) is 11.6 Å². The van der Waals surface area contributed by atoms with Gasteiger partial charge >= 0.3 is 0 Å². The summed E-state index contributed by atoms with van der Waals surface area (Å²) in [5.74, 6) is -2.13. The van der Waals surface area contributed by atoms with Crippen molar-refractivity contribution >= 4 is 17.5 Å². The number of oxime groups is 1. The second kappa shape index (κ2) is 7.96. The van der Waals surface area contributed by atoms with E-state index < -0.39 is 17.2 Å². The average molecular weight is 407 g/mol. The van der Waals surface area contributed by atoms with E-state index >= 15 is 0 Å². The Kier molecular flexibility index (Phi) is 5.38. The number of nitrogens with one attached hydrogen (secondary N) is 1. The lowest BCUT2D eigenvalue weighted by atomic mass is 9.86. The van der Waals surface area contributed by atoms with Crippen LogP contribution in [0.15, 0.2) is 23.4 Å². The molecule has 1 aliphatic carbocycles. The first-order chi connectivity index (χ1) is 13.9. The van der Waals surface area contributed by atoms with Gasteiger partial charge in [-0.1, -0.05) is 5.16 Å². The summed E-state index contributed by atoms with van der Waals surface area (Å²) in [5, 5.41) is 6.95. The third-order valence-corrected chi connectivity index (χ3v) is 5.81. The Hall–Kier alpha value is -2.71. The summed E-state index contributed by atoms with van der Waals surface area (Å²) in [4.78, 5) is 31.8. The highest BCUT2D eigenvalue weighted by Crippen LogP contribution is 2.35. The van der Waals surface area contributed by atoms with E-state index in [2.05, 4.69) is 10.5 Å². The molecule has 2 fully saturated rings. The zero-order valence-corrected chi connectivity index (χ0v) is 16.0. The lowest BCUT2D eigenvalue weighted by molar-refractivity contribution is -0.139. The molecule has 1 aromatic carbocycles. The number of hydrogen-bond acceptors (Lipinski definition) is 5. The highest BCUT2D eigenvalue weighted by atomic mass is 19.1. The maximum Gasteiger partial charge on any atom is 0.269 e. The van der Waals surface area contributed by atoms with E-state index in [1.807, 2.05) is 0 Å². The zero-order chi connectivity index (χ0) is 20.4. The lowest BCUT2D eigenvalue weighted by Gasteiger charge is -2.37. The largest absolute Gasteiger partial charge is 0.481 e. The summed E-state index contributed by atoms with van der Waals surface area (Å²) in [7, 11) is 0. The third-order valence-electron chi connectivity index (χ3n) is 5.81. The Morgan fingerprint density at radius 2 is 2.03 bits per heavy atom. The molecule has 156 valence electrons. The second-order valence-corrected chi connectivity index (χ2v) is 7.83. The number of nitrogens with zero attached hydrogens (tertiary/aromatic N) is 2. The van der Waals surface area contributed by atoms with Gasteiger partial charge in [0.1, 0.15) is 17.1 Å². The fraction of sp³-hybridized carbons (Fsp3) is 0.550. The number of carbonyl (C=O) groups excluding carboxylic acids is 2. The maximum absolute atomic E-state index is 13.6. The molecule has 4 rings (SSSR count). The van der Waals surface area contributed by atoms with Gasteiger partial charge in [-0.2, -0.15) is 0 Å². The van der Waals surface area contributed by atoms with E-state index in [4.69, 9.17) is 9.57 Å². The highest BCUT2D eigenvalue weighted by Gasteiger charge is 2.44. The first kappa shape index (κ1) is 19.6. The molecule has 0 unspecified atom stereocenters. The first-order valence-electron chi connectivity index (χ1n) is 9.86. The molecule has 1 saturated heterocycles. The molecule has 1 saturated carbocycles. The minimum Gasteiger partial charge on any atom is -0.481 e. The van der Waals surface area contributed by atoms with Gasteiger partial charge in [0.25, 0.3) is 11.8 Å². The number of carbonyl (C=O) groups is 2. The third kappa shape index (κ3) is 4.33. The number of ether oxygens (including phenoxy) is 1. The molecule has 7 nitrogen and oxygen atoms in total. The van der Waals surface area contributed by atoms with Crippen molar-refractivity contribution in [3.05, 3.63) is 29.8 Å². The van der Waals surface area contributed by atoms with Crippen LogP contribution in [0.5, 0.6) is 5.75 Å². The molecule has 1 N–H and O–H groups in total. The van der Waals surface area contributed by atoms with Gasteiger partial charge in [0.15, 0.2) is 18.2 Å². The Morgan fingerprint density at radius 3 is 2.72 bits per heavy atom. The number of halogens is 2. The minimum atomic E-state index is -0.721. The molecule has 9 heteroatoms. The van der Waals surface area contributed by atoms with Crippen LogP contribution in [0.3, 0.4) is 0 Å². The first-order valence-corrected chi connectivity index (χ1v) is 9.86. The van der Waals surface area contributed by atoms with Crippen molar-refractivity contribution < 1.29 is 27.9 Å². The molecule has 0 atom stereocenters. The standard InChI is InChI=1S/C20H23F2N3O4/c21-13-4-5-15(22)17(10-13)28-12-18(26)25-8-6-20(7-9-25)11-16(24-29-20)19(27)23-14-2-1-3-14/h4-5,10,14H,1-3,6-9,11-12H2,(H,23,27). The molecule has 2 amide bonds. The average Bonchev–Trinajstić information content (AvgIpc) is 3.09. The molecule has 3 aliphatic rings. The molecule has 1 spiro atoms. The van der Waals surface area contributed by atoms with Gasteiger partial charge in [-0.3, -0.25) is 9.59 Å². The Bertz CT molecular complexity index is 833. The van der Waals surface area contributed by atoms with Crippen LogP contribution in [-0.4, -0.2) is 53.8 Å². The van der Waals surface area contributed by atoms with E-state index in [-0.39, 0.29) is 30.2 Å². The number of likely N-dealkylation sites (tertiary alicyclic amines) is 1. The molecule has 2 aliphatic heterocycles. The maximum atomic E-state index is 13.6. The Morgan fingerprint density at radius 1 is 1.28 bits per heavy atom.